The predicted molar refractivity (Wildman–Crippen MR) is 107 cm³/mol. The summed E-state index contributed by atoms with van der Waals surface area (Å²) in [5, 5.41) is 0.565. The topological polar surface area (TPSA) is 59.8 Å². The first-order valence-electron chi connectivity index (χ1n) is 10.1. The van der Waals surface area contributed by atoms with Crippen molar-refractivity contribution in [2.75, 3.05) is 0 Å². The third-order valence-corrected chi connectivity index (χ3v) is 6.51. The fourth-order valence-electron chi connectivity index (χ4n) is 4.88. The van der Waals surface area contributed by atoms with Gasteiger partial charge in [0.2, 0.25) is 0 Å². The van der Waals surface area contributed by atoms with Crippen molar-refractivity contribution in [2.24, 2.45) is 11.8 Å². The van der Waals surface area contributed by atoms with Crippen LogP contribution in [0.4, 0.5) is 0 Å². The van der Waals surface area contributed by atoms with Gasteiger partial charge < -0.3 is 14.1 Å². The number of carbonyl (C=O) groups excluding carboxylic acids is 2. The molecule has 5 nitrogen and oxygen atoms in total. The molecule has 1 aromatic carbocycles. The van der Waals surface area contributed by atoms with Crippen molar-refractivity contribution in [3.8, 4) is 0 Å². The first kappa shape index (κ1) is 18.5. The van der Waals surface area contributed by atoms with Gasteiger partial charge in [-0.3, -0.25) is 9.59 Å². The Balaban J connectivity index is 1.59. The van der Waals surface area contributed by atoms with Crippen LogP contribution in [0.3, 0.4) is 0 Å². The van der Waals surface area contributed by atoms with Crippen molar-refractivity contribution < 1.29 is 18.7 Å². The van der Waals surface area contributed by atoms with Crippen LogP contribution < -0.4 is 0 Å². The zero-order valence-electron chi connectivity index (χ0n) is 16.1. The number of fused-ring (bicyclic) bond motifs is 1. The Hall–Kier alpha value is -2.53. The van der Waals surface area contributed by atoms with Crippen molar-refractivity contribution in [2.45, 2.75) is 44.9 Å². The molecule has 0 spiro atoms. The summed E-state index contributed by atoms with van der Waals surface area (Å²) in [5.74, 6) is 0.948. The third-order valence-electron chi connectivity index (χ3n) is 6.28. The molecule has 0 N–H and O–H groups in total. The van der Waals surface area contributed by atoms with Gasteiger partial charge in [0, 0.05) is 5.02 Å². The quantitative estimate of drug-likeness (QED) is 0.736. The van der Waals surface area contributed by atoms with Crippen molar-refractivity contribution in [1.82, 2.24) is 4.90 Å². The second-order valence-corrected chi connectivity index (χ2v) is 8.69. The van der Waals surface area contributed by atoms with Gasteiger partial charge in [-0.2, -0.15) is 0 Å². The van der Waals surface area contributed by atoms with Crippen LogP contribution in [0.5, 0.6) is 0 Å². The molecule has 1 saturated carbocycles. The molecule has 4 unspecified atom stereocenters. The van der Waals surface area contributed by atoms with Crippen LogP contribution in [0.15, 0.2) is 58.4 Å². The predicted octanol–water partition coefficient (Wildman–Crippen LogP) is 4.67. The number of ketones is 1. The monoisotopic (exact) mass is 411 g/mol. The number of hydrogen-bond acceptors (Lipinski definition) is 4. The van der Waals surface area contributed by atoms with Gasteiger partial charge in [-0.25, -0.2) is 0 Å². The lowest BCUT2D eigenvalue weighted by atomic mass is 9.74. The zero-order chi connectivity index (χ0) is 20.1. The lowest BCUT2D eigenvalue weighted by molar-refractivity contribution is -0.136. The number of furan rings is 1. The van der Waals surface area contributed by atoms with Crippen LogP contribution in [-0.2, 0) is 20.9 Å². The van der Waals surface area contributed by atoms with Crippen LogP contribution >= 0.6 is 11.6 Å². The Morgan fingerprint density at radius 2 is 2.03 bits per heavy atom. The van der Waals surface area contributed by atoms with E-state index in [4.69, 9.17) is 20.8 Å². The number of nitrogens with zero attached hydrogens (tertiary/aromatic N) is 1. The smallest absolute Gasteiger partial charge is 0.290 e. The molecule has 0 radical (unpaired) electrons. The van der Waals surface area contributed by atoms with E-state index in [1.165, 1.54) is 0 Å². The molecular formula is C23H22ClNO4. The summed E-state index contributed by atoms with van der Waals surface area (Å²) in [6.07, 6.45) is 4.00. The van der Waals surface area contributed by atoms with Crippen LogP contribution in [0.2, 0.25) is 5.02 Å². The molecule has 150 valence electrons. The first-order valence-corrected chi connectivity index (χ1v) is 10.4. The highest BCUT2D eigenvalue weighted by atomic mass is 35.5. The Morgan fingerprint density at radius 1 is 1.17 bits per heavy atom. The SMILES string of the molecule is CC1CCC2OC3=C(C(=O)C2C1)C(c1cccc(Cl)c1)N(Cc1ccco1)C3=O. The molecule has 3 aliphatic rings. The third kappa shape index (κ3) is 3.08. The van der Waals surface area contributed by atoms with Crippen LogP contribution in [0, 0.1) is 11.8 Å². The second kappa shape index (κ2) is 7.06. The number of rotatable bonds is 3. The highest BCUT2D eigenvalue weighted by molar-refractivity contribution is 6.30. The number of benzene rings is 1. The Morgan fingerprint density at radius 3 is 2.79 bits per heavy atom. The molecule has 29 heavy (non-hydrogen) atoms. The molecule has 1 amide bonds. The number of halogens is 1. The van der Waals surface area contributed by atoms with E-state index in [1.807, 2.05) is 24.3 Å². The Labute approximate surface area is 174 Å². The Bertz CT molecular complexity index is 996. The van der Waals surface area contributed by atoms with Gasteiger partial charge in [0.25, 0.3) is 5.91 Å². The number of amides is 1. The largest absolute Gasteiger partial charge is 0.483 e. The molecule has 4 atom stereocenters. The van der Waals surface area contributed by atoms with Gasteiger partial charge in [0.15, 0.2) is 11.5 Å². The number of hydrogen-bond donors (Lipinski definition) is 0. The lowest BCUT2D eigenvalue weighted by Gasteiger charge is -2.37. The van der Waals surface area contributed by atoms with Gasteiger partial charge in [-0.1, -0.05) is 30.7 Å². The molecule has 0 bridgehead atoms. The molecule has 6 heteroatoms. The van der Waals surface area contributed by atoms with E-state index in [-0.39, 0.29) is 36.0 Å². The van der Waals surface area contributed by atoms with E-state index in [9.17, 15) is 9.59 Å². The standard InChI is InChI=1S/C23H22ClNO4/c1-13-7-8-18-17(10-13)21(26)19-20(14-4-2-5-15(24)11-14)25(23(27)22(19)29-18)12-16-6-3-9-28-16/h2-6,9,11,13,17-18,20H,7-8,10,12H2,1H3. The van der Waals surface area contributed by atoms with Gasteiger partial charge in [-0.15, -0.1) is 0 Å². The number of Topliss-reactive ketones (excluding diaryl/α,β-unsaturated/α-hetero) is 1. The highest BCUT2D eigenvalue weighted by Gasteiger charge is 2.52. The second-order valence-electron chi connectivity index (χ2n) is 8.26. The lowest BCUT2D eigenvalue weighted by Crippen LogP contribution is -2.41. The molecule has 1 fully saturated rings. The Kier molecular flexibility index (Phi) is 4.50. The molecular weight excluding hydrogens is 390 g/mol. The van der Waals surface area contributed by atoms with Crippen molar-refractivity contribution in [3.63, 3.8) is 0 Å². The van der Waals surface area contributed by atoms with Crippen LogP contribution in [0.25, 0.3) is 0 Å². The molecule has 3 heterocycles. The number of ether oxygens (including phenoxy) is 1. The molecule has 1 aliphatic carbocycles. The summed E-state index contributed by atoms with van der Waals surface area (Å²) in [6, 6.07) is 10.4. The van der Waals surface area contributed by atoms with Gasteiger partial charge in [0.05, 0.1) is 30.3 Å². The van der Waals surface area contributed by atoms with E-state index >= 15 is 0 Å². The number of carbonyl (C=O) groups is 2. The minimum Gasteiger partial charge on any atom is -0.483 e. The summed E-state index contributed by atoms with van der Waals surface area (Å²) >= 11 is 6.24. The maximum Gasteiger partial charge on any atom is 0.290 e. The van der Waals surface area contributed by atoms with Gasteiger partial charge in [-0.05, 0) is 55.0 Å². The minimum absolute atomic E-state index is 0.0445. The minimum atomic E-state index is -0.521. The average Bonchev–Trinajstić information content (AvgIpc) is 3.31. The highest BCUT2D eigenvalue weighted by Crippen LogP contribution is 2.48. The van der Waals surface area contributed by atoms with E-state index in [0.717, 1.165) is 24.8 Å². The fourth-order valence-corrected chi connectivity index (χ4v) is 5.08. The average molecular weight is 412 g/mol. The van der Waals surface area contributed by atoms with Crippen molar-refractivity contribution in [1.29, 1.82) is 0 Å². The van der Waals surface area contributed by atoms with Crippen molar-refractivity contribution >= 4 is 23.3 Å². The molecule has 2 aromatic rings. The van der Waals surface area contributed by atoms with Crippen LogP contribution in [-0.4, -0.2) is 22.7 Å². The molecule has 0 saturated heterocycles. The van der Waals surface area contributed by atoms with Gasteiger partial charge in [0.1, 0.15) is 11.9 Å². The van der Waals surface area contributed by atoms with Gasteiger partial charge >= 0.3 is 0 Å². The summed E-state index contributed by atoms with van der Waals surface area (Å²) in [4.78, 5) is 28.6. The van der Waals surface area contributed by atoms with E-state index in [2.05, 4.69) is 6.92 Å². The van der Waals surface area contributed by atoms with Crippen molar-refractivity contribution in [3.05, 3.63) is 70.3 Å². The summed E-state index contributed by atoms with van der Waals surface area (Å²) in [7, 11) is 0. The summed E-state index contributed by atoms with van der Waals surface area (Å²) in [6.45, 7) is 2.43. The fraction of sp³-hybridized carbons (Fsp3) is 0.391. The zero-order valence-corrected chi connectivity index (χ0v) is 16.9. The molecule has 1 aromatic heterocycles. The maximum absolute atomic E-state index is 13.6. The summed E-state index contributed by atoms with van der Waals surface area (Å²) in [5.41, 5.74) is 1.28. The summed E-state index contributed by atoms with van der Waals surface area (Å²) < 4.78 is 11.7. The van der Waals surface area contributed by atoms with E-state index < -0.39 is 6.04 Å². The van der Waals surface area contributed by atoms with E-state index in [0.29, 0.717) is 22.3 Å². The van der Waals surface area contributed by atoms with E-state index in [1.54, 1.807) is 23.3 Å². The first-order chi connectivity index (χ1) is 14.0. The molecule has 2 aliphatic heterocycles. The molecule has 5 rings (SSSR count). The normalized spacial score (nSPS) is 29.0. The van der Waals surface area contributed by atoms with Crippen LogP contribution in [0.1, 0.15) is 43.6 Å². The maximum atomic E-state index is 13.6.